The molecule has 0 saturated carbocycles. The fourth-order valence-electron chi connectivity index (χ4n) is 2.66. The van der Waals surface area contributed by atoms with Crippen LogP contribution < -0.4 is 11.5 Å². The highest BCUT2D eigenvalue weighted by Crippen LogP contribution is 2.12. The molecule has 0 radical (unpaired) electrons. The second-order valence-corrected chi connectivity index (χ2v) is 6.35. The molecule has 1 atom stereocenters. The van der Waals surface area contributed by atoms with Gasteiger partial charge in [0.15, 0.2) is 0 Å². The fraction of sp³-hybridized carbons (Fsp3) is 0.895. The van der Waals surface area contributed by atoms with Gasteiger partial charge in [-0.15, -0.1) is 0 Å². The van der Waals surface area contributed by atoms with Crippen LogP contribution in [0.25, 0.3) is 0 Å². The van der Waals surface area contributed by atoms with Crippen molar-refractivity contribution in [2.75, 3.05) is 6.54 Å². The third-order valence-electron chi connectivity index (χ3n) is 4.11. The zero-order valence-corrected chi connectivity index (χ0v) is 14.5. The van der Waals surface area contributed by atoms with Crippen molar-refractivity contribution in [3.8, 4) is 0 Å². The summed E-state index contributed by atoms with van der Waals surface area (Å²) in [7, 11) is 0. The van der Waals surface area contributed by atoms with Crippen LogP contribution in [0.1, 0.15) is 96.8 Å². The van der Waals surface area contributed by atoms with E-state index >= 15 is 0 Å². The van der Waals surface area contributed by atoms with Crippen LogP contribution in [0.3, 0.4) is 0 Å². The molecule has 0 spiro atoms. The smallest absolute Gasteiger partial charge is 0.0235 e. The van der Waals surface area contributed by atoms with Crippen LogP contribution in [0.5, 0.6) is 0 Å². The summed E-state index contributed by atoms with van der Waals surface area (Å²) in [6.07, 6.45) is 23.4. The van der Waals surface area contributed by atoms with Crippen molar-refractivity contribution in [2.45, 2.75) is 103 Å². The molecular formula is C19H40N2. The molecule has 2 nitrogen and oxygen atoms in total. The molecule has 1 unspecified atom stereocenters. The summed E-state index contributed by atoms with van der Waals surface area (Å²) in [5.41, 5.74) is 11.3. The zero-order chi connectivity index (χ0) is 15.6. The highest BCUT2D eigenvalue weighted by Gasteiger charge is 1.94. The molecule has 0 bridgehead atoms. The Bertz CT molecular complexity index is 214. The first-order chi connectivity index (χ1) is 10.3. The van der Waals surface area contributed by atoms with Gasteiger partial charge in [0.25, 0.3) is 0 Å². The van der Waals surface area contributed by atoms with Gasteiger partial charge in [0, 0.05) is 6.04 Å². The van der Waals surface area contributed by atoms with E-state index in [9.17, 15) is 0 Å². The molecule has 0 aromatic heterocycles. The van der Waals surface area contributed by atoms with E-state index in [0.717, 1.165) is 6.42 Å². The van der Waals surface area contributed by atoms with Crippen LogP contribution in [0, 0.1) is 0 Å². The maximum atomic E-state index is 5.86. The molecular weight excluding hydrogens is 256 g/mol. The molecule has 0 saturated heterocycles. The van der Waals surface area contributed by atoms with Gasteiger partial charge in [-0.3, -0.25) is 0 Å². The Morgan fingerprint density at radius 2 is 1.24 bits per heavy atom. The lowest BCUT2D eigenvalue weighted by Gasteiger charge is -2.03. The lowest BCUT2D eigenvalue weighted by molar-refractivity contribution is 0.544. The van der Waals surface area contributed by atoms with Gasteiger partial charge in [0.05, 0.1) is 0 Å². The maximum Gasteiger partial charge on any atom is 0.0235 e. The molecule has 0 fully saturated rings. The van der Waals surface area contributed by atoms with Gasteiger partial charge in [0.1, 0.15) is 0 Å². The fourth-order valence-corrected chi connectivity index (χ4v) is 2.66. The van der Waals surface area contributed by atoms with Crippen molar-refractivity contribution in [2.24, 2.45) is 11.5 Å². The van der Waals surface area contributed by atoms with E-state index in [4.69, 9.17) is 11.5 Å². The average Bonchev–Trinajstić information content (AvgIpc) is 2.48. The van der Waals surface area contributed by atoms with Crippen LogP contribution >= 0.6 is 0 Å². The van der Waals surface area contributed by atoms with Crippen LogP contribution in [-0.2, 0) is 0 Å². The molecule has 0 aromatic rings. The molecule has 0 heterocycles. The number of hydrogen-bond donors (Lipinski definition) is 2. The second-order valence-electron chi connectivity index (χ2n) is 6.35. The summed E-state index contributed by atoms with van der Waals surface area (Å²) in [4.78, 5) is 0. The topological polar surface area (TPSA) is 52.0 Å². The minimum absolute atomic E-state index is 0.160. The Balaban J connectivity index is 3.09. The molecule has 0 aliphatic carbocycles. The maximum absolute atomic E-state index is 5.86. The number of nitrogens with two attached hydrogens (primary N) is 2. The Hall–Kier alpha value is -0.340. The van der Waals surface area contributed by atoms with Gasteiger partial charge >= 0.3 is 0 Å². The standard InChI is InChI=1S/C19H40N2/c1-2-3-4-5-6-7-8-9-10-11-12-13-14-15-16-19(21)17-18-20/h15-16,19H,2-14,17-18,20-21H2,1H3/b16-15+. The molecule has 2 heteroatoms. The summed E-state index contributed by atoms with van der Waals surface area (Å²) in [5, 5.41) is 0. The molecule has 21 heavy (non-hydrogen) atoms. The van der Waals surface area contributed by atoms with E-state index in [1.54, 1.807) is 0 Å². The SMILES string of the molecule is CCCCCCCCCCCCCC/C=C/C(N)CCN. The molecule has 0 rings (SSSR count). The third kappa shape index (κ3) is 17.6. The Kier molecular flexibility index (Phi) is 17.4. The van der Waals surface area contributed by atoms with Crippen molar-refractivity contribution >= 4 is 0 Å². The number of hydrogen-bond acceptors (Lipinski definition) is 2. The van der Waals surface area contributed by atoms with Gasteiger partial charge in [-0.25, -0.2) is 0 Å². The van der Waals surface area contributed by atoms with Gasteiger partial charge < -0.3 is 11.5 Å². The van der Waals surface area contributed by atoms with E-state index in [0.29, 0.717) is 6.54 Å². The number of rotatable bonds is 16. The van der Waals surface area contributed by atoms with E-state index in [-0.39, 0.29) is 6.04 Å². The van der Waals surface area contributed by atoms with E-state index in [1.165, 1.54) is 83.5 Å². The molecule has 126 valence electrons. The highest BCUT2D eigenvalue weighted by molar-refractivity contribution is 4.91. The molecule has 0 aliphatic rings. The first-order valence-corrected chi connectivity index (χ1v) is 9.43. The monoisotopic (exact) mass is 296 g/mol. The highest BCUT2D eigenvalue weighted by atomic mass is 14.6. The minimum atomic E-state index is 0.160. The molecule has 4 N–H and O–H groups in total. The predicted octanol–water partition coefficient (Wildman–Crippen LogP) is 5.31. The lowest BCUT2D eigenvalue weighted by Crippen LogP contribution is -2.20. The van der Waals surface area contributed by atoms with E-state index < -0.39 is 0 Å². The van der Waals surface area contributed by atoms with Crippen molar-refractivity contribution in [1.82, 2.24) is 0 Å². The van der Waals surface area contributed by atoms with Gasteiger partial charge in [-0.05, 0) is 25.8 Å². The largest absolute Gasteiger partial charge is 0.330 e. The summed E-state index contributed by atoms with van der Waals surface area (Å²) in [5.74, 6) is 0. The van der Waals surface area contributed by atoms with Crippen molar-refractivity contribution in [3.63, 3.8) is 0 Å². The minimum Gasteiger partial charge on any atom is -0.330 e. The summed E-state index contributed by atoms with van der Waals surface area (Å²) >= 11 is 0. The average molecular weight is 297 g/mol. The van der Waals surface area contributed by atoms with Crippen molar-refractivity contribution < 1.29 is 0 Å². The molecule has 0 amide bonds. The Morgan fingerprint density at radius 3 is 1.71 bits per heavy atom. The first kappa shape index (κ1) is 20.7. The Labute approximate surface area is 133 Å². The van der Waals surface area contributed by atoms with E-state index in [1.807, 2.05) is 0 Å². The predicted molar refractivity (Wildman–Crippen MR) is 96.5 cm³/mol. The summed E-state index contributed by atoms with van der Waals surface area (Å²) in [6, 6.07) is 0.160. The van der Waals surface area contributed by atoms with Crippen LogP contribution in [0.2, 0.25) is 0 Å². The van der Waals surface area contributed by atoms with Gasteiger partial charge in [-0.2, -0.15) is 0 Å². The quantitative estimate of drug-likeness (QED) is 0.299. The van der Waals surface area contributed by atoms with Crippen LogP contribution in [0.15, 0.2) is 12.2 Å². The Morgan fingerprint density at radius 1 is 0.762 bits per heavy atom. The summed E-state index contributed by atoms with van der Waals surface area (Å²) in [6.45, 7) is 2.97. The number of allylic oxidation sites excluding steroid dienone is 1. The molecule has 0 aromatic carbocycles. The van der Waals surface area contributed by atoms with E-state index in [2.05, 4.69) is 19.1 Å². The van der Waals surface area contributed by atoms with Crippen LogP contribution in [-0.4, -0.2) is 12.6 Å². The lowest BCUT2D eigenvalue weighted by atomic mass is 10.0. The number of unbranched alkanes of at least 4 members (excludes halogenated alkanes) is 12. The van der Waals surface area contributed by atoms with Gasteiger partial charge in [0.2, 0.25) is 0 Å². The second kappa shape index (κ2) is 17.7. The zero-order valence-electron chi connectivity index (χ0n) is 14.5. The van der Waals surface area contributed by atoms with Gasteiger partial charge in [-0.1, -0.05) is 89.7 Å². The van der Waals surface area contributed by atoms with Crippen molar-refractivity contribution in [1.29, 1.82) is 0 Å². The van der Waals surface area contributed by atoms with Crippen molar-refractivity contribution in [3.05, 3.63) is 12.2 Å². The molecule has 0 aliphatic heterocycles. The van der Waals surface area contributed by atoms with Crippen LogP contribution in [0.4, 0.5) is 0 Å². The third-order valence-corrected chi connectivity index (χ3v) is 4.11. The normalized spacial score (nSPS) is 13.1. The first-order valence-electron chi connectivity index (χ1n) is 9.43. The summed E-state index contributed by atoms with van der Waals surface area (Å²) < 4.78 is 0.